The smallest absolute Gasteiger partial charge is 0.407 e. The molecule has 1 aromatic rings. The van der Waals surface area contributed by atoms with Gasteiger partial charge in [0.05, 0.1) is 11.6 Å². The summed E-state index contributed by atoms with van der Waals surface area (Å²) in [5.74, 6) is 0. The number of nitrogens with zero attached hydrogens (tertiary/aromatic N) is 2. The third-order valence-electron chi connectivity index (χ3n) is 1.81. The van der Waals surface area contributed by atoms with Gasteiger partial charge in [-0.1, -0.05) is 23.2 Å². The van der Waals surface area contributed by atoms with Crippen molar-refractivity contribution in [3.63, 3.8) is 0 Å². The number of carbonyl (C=O) groups is 1. The molecule has 1 N–H and O–H groups in total. The fourth-order valence-corrected chi connectivity index (χ4v) is 1.76. The number of halogens is 2. The minimum atomic E-state index is -0.494. The van der Waals surface area contributed by atoms with Gasteiger partial charge in [-0.25, -0.2) is 14.8 Å². The summed E-state index contributed by atoms with van der Waals surface area (Å²) >= 11 is 11.6. The van der Waals surface area contributed by atoms with Gasteiger partial charge in [-0.2, -0.15) is 0 Å². The van der Waals surface area contributed by atoms with Crippen LogP contribution < -0.4 is 5.32 Å². The Morgan fingerprint density at radius 3 is 2.57 bits per heavy atom. The quantitative estimate of drug-likeness (QED) is 0.749. The number of carbonyl (C=O) groups excluding carboxylic acids is 1. The van der Waals surface area contributed by atoms with E-state index in [0.29, 0.717) is 5.56 Å². The van der Waals surface area contributed by atoms with Crippen molar-refractivity contribution in [1.29, 1.82) is 0 Å². The second-order valence-electron chi connectivity index (χ2n) is 2.66. The Morgan fingerprint density at radius 2 is 2.07 bits per heavy atom. The first-order chi connectivity index (χ1) is 6.68. The maximum atomic E-state index is 10.8. The zero-order valence-electron chi connectivity index (χ0n) is 6.83. The van der Waals surface area contributed by atoms with Crippen molar-refractivity contribution >= 4 is 29.3 Å². The lowest BCUT2D eigenvalue weighted by atomic mass is 10.2. The molecule has 1 fully saturated rings. The summed E-state index contributed by atoms with van der Waals surface area (Å²) in [5.41, 5.74) is 0.488. The van der Waals surface area contributed by atoms with Crippen molar-refractivity contribution in [2.75, 3.05) is 6.61 Å². The molecule has 1 aromatic heterocycles. The van der Waals surface area contributed by atoms with Crippen molar-refractivity contribution in [3.8, 4) is 0 Å². The largest absolute Gasteiger partial charge is 0.447 e. The maximum absolute atomic E-state index is 10.8. The molecule has 7 heteroatoms. The Labute approximate surface area is 89.4 Å². The van der Waals surface area contributed by atoms with E-state index in [4.69, 9.17) is 27.9 Å². The van der Waals surface area contributed by atoms with Crippen LogP contribution in [0.15, 0.2) is 6.33 Å². The van der Waals surface area contributed by atoms with Gasteiger partial charge in [0.1, 0.15) is 23.2 Å². The van der Waals surface area contributed by atoms with Crippen LogP contribution in [0.1, 0.15) is 11.6 Å². The number of cyclic esters (lactones) is 1. The minimum absolute atomic E-state index is 0.186. The van der Waals surface area contributed by atoms with Crippen LogP contribution in [-0.2, 0) is 4.74 Å². The van der Waals surface area contributed by atoms with Crippen LogP contribution in [0.4, 0.5) is 4.79 Å². The number of hydrogen-bond acceptors (Lipinski definition) is 4. The highest BCUT2D eigenvalue weighted by Crippen LogP contribution is 2.28. The molecule has 2 heterocycles. The van der Waals surface area contributed by atoms with Gasteiger partial charge in [-0.15, -0.1) is 0 Å². The van der Waals surface area contributed by atoms with E-state index < -0.39 is 6.09 Å². The van der Waals surface area contributed by atoms with Crippen LogP contribution in [0.5, 0.6) is 0 Å². The molecule has 0 aromatic carbocycles. The molecule has 0 saturated carbocycles. The summed E-state index contributed by atoms with van der Waals surface area (Å²) in [6, 6.07) is -0.372. The number of ether oxygens (including phenoxy) is 1. The highest BCUT2D eigenvalue weighted by atomic mass is 35.5. The molecule has 2 rings (SSSR count). The lowest BCUT2D eigenvalue weighted by molar-refractivity contribution is 0.177. The Hall–Kier alpha value is -1.07. The van der Waals surface area contributed by atoms with Crippen LogP contribution in [-0.4, -0.2) is 22.7 Å². The van der Waals surface area contributed by atoms with Crippen molar-refractivity contribution < 1.29 is 9.53 Å². The summed E-state index contributed by atoms with van der Waals surface area (Å²) in [7, 11) is 0. The van der Waals surface area contributed by atoms with Gasteiger partial charge in [0.15, 0.2) is 0 Å². The Kier molecular flexibility index (Phi) is 2.43. The molecule has 1 aliphatic rings. The zero-order chi connectivity index (χ0) is 10.1. The van der Waals surface area contributed by atoms with Crippen molar-refractivity contribution in [2.24, 2.45) is 0 Å². The number of hydrogen-bond donors (Lipinski definition) is 1. The second kappa shape index (κ2) is 3.59. The predicted molar refractivity (Wildman–Crippen MR) is 49.3 cm³/mol. The highest BCUT2D eigenvalue weighted by Gasteiger charge is 2.28. The molecule has 0 bridgehead atoms. The topological polar surface area (TPSA) is 64.1 Å². The van der Waals surface area contributed by atoms with E-state index >= 15 is 0 Å². The molecule has 1 aliphatic heterocycles. The fourth-order valence-electron chi connectivity index (χ4n) is 1.18. The number of nitrogens with one attached hydrogen (secondary N) is 1. The number of amides is 1. The molecule has 1 saturated heterocycles. The zero-order valence-corrected chi connectivity index (χ0v) is 8.34. The van der Waals surface area contributed by atoms with Crippen LogP contribution in [0.2, 0.25) is 10.3 Å². The molecule has 1 atom stereocenters. The monoisotopic (exact) mass is 233 g/mol. The molecular weight excluding hydrogens is 229 g/mol. The van der Waals surface area contributed by atoms with Crippen LogP contribution in [0, 0.1) is 0 Å². The first-order valence-electron chi connectivity index (χ1n) is 3.77. The van der Waals surface area contributed by atoms with E-state index in [0.717, 1.165) is 0 Å². The van der Waals surface area contributed by atoms with Gasteiger partial charge < -0.3 is 10.1 Å². The minimum Gasteiger partial charge on any atom is -0.447 e. The first kappa shape index (κ1) is 9.48. The van der Waals surface area contributed by atoms with E-state index in [1.165, 1.54) is 6.33 Å². The van der Waals surface area contributed by atoms with Crippen LogP contribution in [0.25, 0.3) is 0 Å². The van der Waals surface area contributed by atoms with E-state index in [1.807, 2.05) is 0 Å². The first-order valence-corrected chi connectivity index (χ1v) is 4.53. The van der Waals surface area contributed by atoms with Gasteiger partial charge in [0.25, 0.3) is 0 Å². The van der Waals surface area contributed by atoms with Crippen molar-refractivity contribution in [3.05, 3.63) is 22.2 Å². The molecule has 1 amide bonds. The average Bonchev–Trinajstić information content (AvgIpc) is 2.51. The summed E-state index contributed by atoms with van der Waals surface area (Å²) in [6.45, 7) is 0.186. The lowest BCUT2D eigenvalue weighted by Gasteiger charge is -2.09. The Morgan fingerprint density at radius 1 is 1.43 bits per heavy atom. The molecular formula is C7H5Cl2N3O2. The predicted octanol–water partition coefficient (Wildman–Crippen LogP) is 1.56. The number of rotatable bonds is 1. The Balaban J connectivity index is 2.36. The third kappa shape index (κ3) is 1.60. The summed E-state index contributed by atoms with van der Waals surface area (Å²) in [5, 5.41) is 2.99. The number of alkyl carbamates (subject to hydrolysis) is 1. The van der Waals surface area contributed by atoms with Crippen LogP contribution in [0.3, 0.4) is 0 Å². The molecule has 0 spiro atoms. The SMILES string of the molecule is O=C1NC(c2c(Cl)ncnc2Cl)CO1. The molecule has 0 radical (unpaired) electrons. The van der Waals surface area contributed by atoms with E-state index in [9.17, 15) is 4.79 Å². The van der Waals surface area contributed by atoms with Gasteiger partial charge in [0, 0.05) is 0 Å². The number of aromatic nitrogens is 2. The van der Waals surface area contributed by atoms with Gasteiger partial charge in [-0.05, 0) is 0 Å². The highest BCUT2D eigenvalue weighted by molar-refractivity contribution is 6.34. The Bertz CT molecular complexity index is 365. The van der Waals surface area contributed by atoms with Gasteiger partial charge >= 0.3 is 6.09 Å². The van der Waals surface area contributed by atoms with Crippen molar-refractivity contribution in [1.82, 2.24) is 15.3 Å². The molecule has 5 nitrogen and oxygen atoms in total. The second-order valence-corrected chi connectivity index (χ2v) is 3.38. The molecule has 0 aliphatic carbocycles. The normalized spacial score (nSPS) is 20.4. The van der Waals surface area contributed by atoms with E-state index in [-0.39, 0.29) is 23.0 Å². The third-order valence-corrected chi connectivity index (χ3v) is 2.41. The van der Waals surface area contributed by atoms with Gasteiger partial charge in [0.2, 0.25) is 0 Å². The average molecular weight is 234 g/mol. The van der Waals surface area contributed by atoms with E-state index in [1.54, 1.807) is 0 Å². The van der Waals surface area contributed by atoms with Gasteiger partial charge in [-0.3, -0.25) is 0 Å². The summed E-state index contributed by atoms with van der Waals surface area (Å²) in [4.78, 5) is 18.3. The van der Waals surface area contributed by atoms with Crippen LogP contribution >= 0.6 is 23.2 Å². The fraction of sp³-hybridized carbons (Fsp3) is 0.286. The van der Waals surface area contributed by atoms with Crippen molar-refractivity contribution in [2.45, 2.75) is 6.04 Å². The summed E-state index contributed by atoms with van der Waals surface area (Å²) < 4.78 is 4.71. The molecule has 74 valence electrons. The standard InChI is InChI=1S/C7H5Cl2N3O2/c8-5-4(6(9)11-2-10-5)3-1-14-7(13)12-3/h2-3H,1H2,(H,12,13). The summed E-state index contributed by atoms with van der Waals surface area (Å²) in [6.07, 6.45) is 0.761. The maximum Gasteiger partial charge on any atom is 0.407 e. The van der Waals surface area contributed by atoms with E-state index in [2.05, 4.69) is 15.3 Å². The molecule has 1 unspecified atom stereocenters. The lowest BCUT2D eigenvalue weighted by Crippen LogP contribution is -2.19. The molecule has 14 heavy (non-hydrogen) atoms.